The number of fused-ring (bicyclic) bond motifs is 1. The molecule has 0 unspecified atom stereocenters. The maximum absolute atomic E-state index is 12.2. The Morgan fingerprint density at radius 3 is 2.59 bits per heavy atom. The molecule has 0 bridgehead atoms. The number of esters is 1. The van der Waals surface area contributed by atoms with Crippen LogP contribution in [0, 0.1) is 0 Å². The Morgan fingerprint density at radius 1 is 1.00 bits per heavy atom. The molecule has 0 atom stereocenters. The summed E-state index contributed by atoms with van der Waals surface area (Å²) in [6.07, 6.45) is 2.05. The minimum Gasteiger partial charge on any atom is -0.494 e. The molecule has 0 aliphatic carbocycles. The van der Waals surface area contributed by atoms with E-state index in [1.165, 1.54) is 0 Å². The van der Waals surface area contributed by atoms with Crippen molar-refractivity contribution in [2.45, 2.75) is 26.4 Å². The molecule has 6 nitrogen and oxygen atoms in total. The fourth-order valence-electron chi connectivity index (χ4n) is 2.69. The van der Waals surface area contributed by atoms with Crippen LogP contribution in [-0.2, 0) is 16.1 Å². The SMILES string of the molecule is CCCCOc1ccc(C(=O)NCC(=O)OCc2ccc3ccccc3n2)cc1. The Balaban J connectivity index is 1.44. The maximum atomic E-state index is 12.2. The molecule has 3 aromatic rings. The lowest BCUT2D eigenvalue weighted by Crippen LogP contribution is -2.30. The monoisotopic (exact) mass is 392 g/mol. The molecular formula is C23H24N2O4. The number of ether oxygens (including phenoxy) is 2. The van der Waals surface area contributed by atoms with E-state index in [-0.39, 0.29) is 19.1 Å². The summed E-state index contributed by atoms with van der Waals surface area (Å²) in [5.74, 6) is -0.143. The van der Waals surface area contributed by atoms with Crippen molar-refractivity contribution < 1.29 is 19.1 Å². The summed E-state index contributed by atoms with van der Waals surface area (Å²) in [4.78, 5) is 28.5. The van der Waals surface area contributed by atoms with Crippen LogP contribution < -0.4 is 10.1 Å². The van der Waals surface area contributed by atoms with Gasteiger partial charge in [-0.25, -0.2) is 4.98 Å². The summed E-state index contributed by atoms with van der Waals surface area (Å²) < 4.78 is 10.8. The van der Waals surface area contributed by atoms with Crippen LogP contribution in [0.15, 0.2) is 60.7 Å². The van der Waals surface area contributed by atoms with E-state index < -0.39 is 5.97 Å². The molecular weight excluding hydrogens is 368 g/mol. The number of benzene rings is 2. The van der Waals surface area contributed by atoms with Gasteiger partial charge in [-0.1, -0.05) is 37.6 Å². The standard InChI is InChI=1S/C23H24N2O4/c1-2-3-14-28-20-12-9-18(10-13-20)23(27)24-15-22(26)29-16-19-11-8-17-6-4-5-7-21(17)25-19/h4-13H,2-3,14-16H2,1H3,(H,24,27). The van der Waals surface area contributed by atoms with Crippen LogP contribution in [0.4, 0.5) is 0 Å². The predicted octanol–water partition coefficient (Wildman–Crippen LogP) is 3.89. The minimum absolute atomic E-state index is 0.0589. The highest BCUT2D eigenvalue weighted by Gasteiger charge is 2.10. The number of carbonyl (C=O) groups is 2. The second-order valence-corrected chi connectivity index (χ2v) is 6.57. The summed E-state index contributed by atoms with van der Waals surface area (Å²) in [5.41, 5.74) is 1.95. The third-order valence-corrected chi connectivity index (χ3v) is 4.31. The smallest absolute Gasteiger partial charge is 0.325 e. The van der Waals surface area contributed by atoms with Gasteiger partial charge in [0.05, 0.1) is 17.8 Å². The molecule has 0 saturated heterocycles. The number of pyridine rings is 1. The van der Waals surface area contributed by atoms with Gasteiger partial charge in [0.1, 0.15) is 18.9 Å². The Kier molecular flexibility index (Phi) is 7.16. The van der Waals surface area contributed by atoms with E-state index in [1.807, 2.05) is 36.4 Å². The van der Waals surface area contributed by atoms with Gasteiger partial charge in [0.2, 0.25) is 0 Å². The zero-order valence-corrected chi connectivity index (χ0v) is 16.4. The number of amides is 1. The minimum atomic E-state index is -0.521. The topological polar surface area (TPSA) is 77.5 Å². The van der Waals surface area contributed by atoms with Crippen LogP contribution in [0.3, 0.4) is 0 Å². The number of nitrogens with zero attached hydrogens (tertiary/aromatic N) is 1. The number of nitrogens with one attached hydrogen (secondary N) is 1. The number of para-hydroxylation sites is 1. The highest BCUT2D eigenvalue weighted by molar-refractivity contribution is 5.96. The molecule has 0 radical (unpaired) electrons. The van der Waals surface area contributed by atoms with Crippen molar-refractivity contribution in [1.82, 2.24) is 10.3 Å². The first-order valence-corrected chi connectivity index (χ1v) is 9.67. The van der Waals surface area contributed by atoms with Gasteiger partial charge in [0.25, 0.3) is 5.91 Å². The molecule has 1 aromatic heterocycles. The average molecular weight is 392 g/mol. The fraction of sp³-hybridized carbons (Fsp3) is 0.261. The quantitative estimate of drug-likeness (QED) is 0.442. The number of carbonyl (C=O) groups excluding carboxylic acids is 2. The Labute approximate surface area is 169 Å². The van der Waals surface area contributed by atoms with Crippen LogP contribution in [0.2, 0.25) is 0 Å². The van der Waals surface area contributed by atoms with Crippen molar-refractivity contribution in [2.24, 2.45) is 0 Å². The Hall–Kier alpha value is -3.41. The molecule has 6 heteroatoms. The van der Waals surface area contributed by atoms with E-state index in [4.69, 9.17) is 9.47 Å². The number of aromatic nitrogens is 1. The highest BCUT2D eigenvalue weighted by atomic mass is 16.5. The predicted molar refractivity (Wildman–Crippen MR) is 111 cm³/mol. The molecule has 0 spiro atoms. The molecule has 3 rings (SSSR count). The van der Waals surface area contributed by atoms with E-state index in [2.05, 4.69) is 17.2 Å². The molecule has 1 N–H and O–H groups in total. The number of hydrogen-bond acceptors (Lipinski definition) is 5. The average Bonchev–Trinajstić information content (AvgIpc) is 2.76. The van der Waals surface area contributed by atoms with E-state index in [9.17, 15) is 9.59 Å². The van der Waals surface area contributed by atoms with E-state index in [1.54, 1.807) is 24.3 Å². The molecule has 1 amide bonds. The maximum Gasteiger partial charge on any atom is 0.325 e. The number of hydrogen-bond donors (Lipinski definition) is 1. The summed E-state index contributed by atoms with van der Waals surface area (Å²) in [5, 5.41) is 3.59. The third kappa shape index (κ3) is 6.04. The Bertz CT molecular complexity index is 970. The summed E-state index contributed by atoms with van der Waals surface area (Å²) in [6, 6.07) is 18.3. The van der Waals surface area contributed by atoms with Gasteiger partial charge in [-0.2, -0.15) is 0 Å². The molecule has 0 aliphatic rings. The highest BCUT2D eigenvalue weighted by Crippen LogP contribution is 2.13. The van der Waals surface area contributed by atoms with E-state index in [0.29, 0.717) is 17.9 Å². The van der Waals surface area contributed by atoms with E-state index in [0.717, 1.165) is 29.5 Å². The first kappa shape index (κ1) is 20.3. The van der Waals surface area contributed by atoms with E-state index >= 15 is 0 Å². The zero-order chi connectivity index (χ0) is 20.5. The third-order valence-electron chi connectivity index (χ3n) is 4.31. The van der Waals surface area contributed by atoms with Gasteiger partial charge in [0, 0.05) is 10.9 Å². The van der Waals surface area contributed by atoms with Gasteiger partial charge in [-0.05, 0) is 42.8 Å². The van der Waals surface area contributed by atoms with Crippen LogP contribution in [0.25, 0.3) is 10.9 Å². The van der Waals surface area contributed by atoms with Crippen LogP contribution >= 0.6 is 0 Å². The second kappa shape index (κ2) is 10.2. The fourth-order valence-corrected chi connectivity index (χ4v) is 2.69. The molecule has 150 valence electrons. The van der Waals surface area contributed by atoms with Crippen molar-refractivity contribution >= 4 is 22.8 Å². The molecule has 0 saturated carbocycles. The zero-order valence-electron chi connectivity index (χ0n) is 16.4. The van der Waals surface area contributed by atoms with Crippen LogP contribution in [-0.4, -0.2) is 30.0 Å². The van der Waals surface area contributed by atoms with Crippen molar-refractivity contribution in [3.8, 4) is 5.75 Å². The van der Waals surface area contributed by atoms with Crippen LogP contribution in [0.5, 0.6) is 5.75 Å². The lowest BCUT2D eigenvalue weighted by molar-refractivity contribution is -0.143. The first-order chi connectivity index (χ1) is 14.2. The van der Waals surface area contributed by atoms with Gasteiger partial charge in [0.15, 0.2) is 0 Å². The van der Waals surface area contributed by atoms with Crippen molar-refractivity contribution in [1.29, 1.82) is 0 Å². The summed E-state index contributed by atoms with van der Waals surface area (Å²) in [6.45, 7) is 2.60. The second-order valence-electron chi connectivity index (χ2n) is 6.57. The van der Waals surface area contributed by atoms with Gasteiger partial charge < -0.3 is 14.8 Å². The molecule has 29 heavy (non-hydrogen) atoms. The molecule has 0 aliphatic heterocycles. The Morgan fingerprint density at radius 2 is 1.79 bits per heavy atom. The summed E-state index contributed by atoms with van der Waals surface area (Å²) >= 11 is 0. The van der Waals surface area contributed by atoms with Gasteiger partial charge in [-0.15, -0.1) is 0 Å². The largest absolute Gasteiger partial charge is 0.494 e. The molecule has 0 fully saturated rings. The van der Waals surface area contributed by atoms with Crippen molar-refractivity contribution in [3.05, 3.63) is 71.9 Å². The lowest BCUT2D eigenvalue weighted by Gasteiger charge is -2.08. The summed E-state index contributed by atoms with van der Waals surface area (Å²) in [7, 11) is 0. The molecule has 1 heterocycles. The lowest BCUT2D eigenvalue weighted by atomic mass is 10.2. The van der Waals surface area contributed by atoms with Gasteiger partial charge >= 0.3 is 5.97 Å². The van der Waals surface area contributed by atoms with Crippen molar-refractivity contribution in [3.63, 3.8) is 0 Å². The van der Waals surface area contributed by atoms with Gasteiger partial charge in [-0.3, -0.25) is 9.59 Å². The first-order valence-electron chi connectivity index (χ1n) is 9.67. The molecule has 2 aromatic carbocycles. The normalized spacial score (nSPS) is 10.5. The number of rotatable bonds is 9. The van der Waals surface area contributed by atoms with Crippen molar-refractivity contribution in [2.75, 3.05) is 13.2 Å². The number of unbranched alkanes of at least 4 members (excludes halogenated alkanes) is 1. The van der Waals surface area contributed by atoms with Crippen LogP contribution in [0.1, 0.15) is 35.8 Å².